The minimum absolute atomic E-state index is 0. The molecule has 1 aromatic carbocycles. The van der Waals surface area contributed by atoms with Gasteiger partial charge < -0.3 is 10.5 Å². The van der Waals surface area contributed by atoms with Crippen LogP contribution in [0.25, 0.3) is 11.1 Å². The summed E-state index contributed by atoms with van der Waals surface area (Å²) < 4.78 is 5.14. The Hall–Kier alpha value is -1.26. The van der Waals surface area contributed by atoms with Gasteiger partial charge in [0.2, 0.25) is 0 Å². The summed E-state index contributed by atoms with van der Waals surface area (Å²) in [6.45, 7) is 1.97. The molecule has 1 aromatic heterocycles. The Balaban J connectivity index is 0.000000501. The van der Waals surface area contributed by atoms with Crippen molar-refractivity contribution in [3.63, 3.8) is 0 Å². The van der Waals surface area contributed by atoms with Crippen molar-refractivity contribution >= 4 is 35.0 Å². The van der Waals surface area contributed by atoms with Crippen LogP contribution in [-0.4, -0.2) is 17.6 Å². The fourth-order valence-electron chi connectivity index (χ4n) is 2.89. The minimum Gasteiger partial charge on any atom is -0.462 e. The third-order valence-electron chi connectivity index (χ3n) is 4.27. The van der Waals surface area contributed by atoms with Gasteiger partial charge in [0.25, 0.3) is 0 Å². The molecule has 10 radical (unpaired) electrons. The minimum atomic E-state index is -0.525. The van der Waals surface area contributed by atoms with Crippen LogP contribution in [0.1, 0.15) is 23.0 Å². The Bertz CT molecular complexity index is 875. The summed E-state index contributed by atoms with van der Waals surface area (Å²) in [5.41, 5.74) is 8.28. The SMILES string of the molecule is CCOC(=O)c1c(-c2ccc(Cl)c(Cl)c2)cc([C]2[CH][CH][CH][CH]2)nc1N.[CH]1[CH][CH][CH][CH]1.[Fe+2]. The number of nitrogens with two attached hydrogens (primary N) is 1. The van der Waals surface area contributed by atoms with Gasteiger partial charge in [-0.05, 0) is 88.5 Å². The number of nitrogen functional groups attached to an aromatic ring is 1. The van der Waals surface area contributed by atoms with E-state index in [-0.39, 0.29) is 35.1 Å². The van der Waals surface area contributed by atoms with Gasteiger partial charge in [0.15, 0.2) is 0 Å². The molecule has 2 aliphatic rings. The van der Waals surface area contributed by atoms with Crippen LogP contribution in [-0.2, 0) is 21.8 Å². The predicted octanol–water partition coefficient (Wildman–Crippen LogP) is 5.59. The number of esters is 1. The van der Waals surface area contributed by atoms with Crippen LogP contribution < -0.4 is 5.73 Å². The van der Waals surface area contributed by atoms with Crippen LogP contribution in [0.3, 0.4) is 0 Å². The number of ether oxygens (including phenoxy) is 1. The Labute approximate surface area is 205 Å². The van der Waals surface area contributed by atoms with E-state index >= 15 is 0 Å². The number of anilines is 1. The molecule has 2 aromatic rings. The smallest absolute Gasteiger partial charge is 0.462 e. The van der Waals surface area contributed by atoms with Crippen molar-refractivity contribution in [2.24, 2.45) is 0 Å². The molecule has 0 aliphatic heterocycles. The molecule has 158 valence electrons. The third-order valence-corrected chi connectivity index (χ3v) is 5.01. The molecule has 2 fully saturated rings. The van der Waals surface area contributed by atoms with Gasteiger partial charge in [-0.25, -0.2) is 9.78 Å². The number of nitrogens with zero attached hydrogens (tertiary/aromatic N) is 1. The number of hydrogen-bond acceptors (Lipinski definition) is 4. The summed E-state index contributed by atoms with van der Waals surface area (Å²) in [4.78, 5) is 16.8. The van der Waals surface area contributed by atoms with E-state index < -0.39 is 5.97 Å². The number of hydrogen-bond donors (Lipinski definition) is 1. The van der Waals surface area contributed by atoms with Gasteiger partial charge in [0.05, 0.1) is 22.3 Å². The molecule has 2 N–H and O–H groups in total. The molecular weight excluding hydrogens is 475 g/mol. The van der Waals surface area contributed by atoms with Crippen molar-refractivity contribution < 1.29 is 26.6 Å². The summed E-state index contributed by atoms with van der Waals surface area (Å²) in [6.07, 6.45) is 17.7. The Morgan fingerprint density at radius 1 is 0.968 bits per heavy atom. The van der Waals surface area contributed by atoms with Crippen LogP contribution in [0.4, 0.5) is 5.82 Å². The molecule has 4 rings (SSSR count). The van der Waals surface area contributed by atoms with Crippen LogP contribution in [0.15, 0.2) is 24.3 Å². The summed E-state index contributed by atoms with van der Waals surface area (Å²) in [7, 11) is 0. The quantitative estimate of drug-likeness (QED) is 0.444. The van der Waals surface area contributed by atoms with Crippen LogP contribution in [0.2, 0.25) is 10.0 Å². The molecule has 0 unspecified atom stereocenters. The van der Waals surface area contributed by atoms with Crippen molar-refractivity contribution in [3.05, 3.63) is 109 Å². The van der Waals surface area contributed by atoms with Crippen molar-refractivity contribution in [3.8, 4) is 11.1 Å². The molecule has 2 aliphatic carbocycles. The number of rotatable bonds is 4. The maximum atomic E-state index is 12.4. The van der Waals surface area contributed by atoms with E-state index in [0.717, 1.165) is 5.92 Å². The zero-order chi connectivity index (χ0) is 21.5. The predicted molar refractivity (Wildman–Crippen MR) is 121 cm³/mol. The Kier molecular flexibility index (Phi) is 10.6. The topological polar surface area (TPSA) is 65.2 Å². The number of benzene rings is 1. The summed E-state index contributed by atoms with van der Waals surface area (Å²) >= 11 is 12.1. The molecule has 0 bridgehead atoms. The van der Waals surface area contributed by atoms with Crippen molar-refractivity contribution in [2.45, 2.75) is 6.92 Å². The first-order valence-corrected chi connectivity index (χ1v) is 10.1. The van der Waals surface area contributed by atoms with Crippen LogP contribution in [0, 0.1) is 63.7 Å². The van der Waals surface area contributed by atoms with Gasteiger partial charge in [0, 0.05) is 11.5 Å². The molecule has 4 nitrogen and oxygen atoms in total. The average molecular weight is 495 g/mol. The van der Waals surface area contributed by atoms with E-state index in [9.17, 15) is 4.79 Å². The van der Waals surface area contributed by atoms with Gasteiger partial charge in [-0.2, -0.15) is 0 Å². The molecule has 0 spiro atoms. The number of carbonyl (C=O) groups excluding carboxylic acids is 1. The number of aromatic nitrogens is 1. The van der Waals surface area contributed by atoms with E-state index in [0.29, 0.717) is 26.9 Å². The van der Waals surface area contributed by atoms with E-state index in [1.807, 2.05) is 57.8 Å². The standard InChI is InChI=1S/C19H15Cl2N2O2.C5H5.Fe/c1-2-25-19(24)17-13(12-7-8-14(20)15(21)9-12)10-16(23-18(17)22)11-5-3-4-6-11;1-2-4-5-3-1;/h3-10H,2H2,1H3,(H2,22,23);1-5H;/q;;+2. The summed E-state index contributed by atoms with van der Waals surface area (Å²) in [5, 5.41) is 0.820. The fourth-order valence-corrected chi connectivity index (χ4v) is 3.19. The van der Waals surface area contributed by atoms with Gasteiger partial charge >= 0.3 is 23.0 Å². The second kappa shape index (κ2) is 12.7. The molecule has 0 amide bonds. The number of carbonyl (C=O) groups is 1. The first kappa shape index (κ1) is 26.0. The Morgan fingerprint density at radius 3 is 2.13 bits per heavy atom. The average Bonchev–Trinajstić information content (AvgIpc) is 3.46. The zero-order valence-electron chi connectivity index (χ0n) is 16.7. The molecule has 0 saturated heterocycles. The number of pyridine rings is 1. The third kappa shape index (κ3) is 6.86. The molecular formula is C24H20Cl2FeN2O2+2. The summed E-state index contributed by atoms with van der Waals surface area (Å²) in [5.74, 6) is 0.490. The molecule has 31 heavy (non-hydrogen) atoms. The number of halogens is 2. The van der Waals surface area contributed by atoms with E-state index in [4.69, 9.17) is 33.7 Å². The van der Waals surface area contributed by atoms with Gasteiger partial charge in [0.1, 0.15) is 11.4 Å². The zero-order valence-corrected chi connectivity index (χ0v) is 19.3. The molecule has 2 saturated carbocycles. The largest absolute Gasteiger partial charge is 2.00 e. The fraction of sp³-hybridized carbons (Fsp3) is 0.0833. The van der Waals surface area contributed by atoms with Crippen LogP contribution >= 0.6 is 23.2 Å². The van der Waals surface area contributed by atoms with Crippen molar-refractivity contribution in [2.75, 3.05) is 12.3 Å². The maximum absolute atomic E-state index is 12.4. The molecule has 1 heterocycles. The van der Waals surface area contributed by atoms with Gasteiger partial charge in [-0.1, -0.05) is 29.3 Å². The monoisotopic (exact) mass is 494 g/mol. The van der Waals surface area contributed by atoms with Gasteiger partial charge in [-0.15, -0.1) is 0 Å². The van der Waals surface area contributed by atoms with Gasteiger partial charge in [-0.3, -0.25) is 0 Å². The van der Waals surface area contributed by atoms with E-state index in [1.165, 1.54) is 0 Å². The summed E-state index contributed by atoms with van der Waals surface area (Å²) in [6, 6.07) is 6.95. The molecule has 7 heteroatoms. The van der Waals surface area contributed by atoms with E-state index in [1.54, 1.807) is 31.2 Å². The Morgan fingerprint density at radius 2 is 1.58 bits per heavy atom. The normalized spacial score (nSPS) is 15.7. The van der Waals surface area contributed by atoms with Crippen molar-refractivity contribution in [1.29, 1.82) is 0 Å². The maximum Gasteiger partial charge on any atom is 2.00 e. The second-order valence-electron chi connectivity index (χ2n) is 6.30. The van der Waals surface area contributed by atoms with Crippen LogP contribution in [0.5, 0.6) is 0 Å². The second-order valence-corrected chi connectivity index (χ2v) is 7.11. The van der Waals surface area contributed by atoms with Crippen molar-refractivity contribution in [1.82, 2.24) is 4.98 Å². The van der Waals surface area contributed by atoms with E-state index in [2.05, 4.69) is 4.98 Å². The first-order chi connectivity index (χ1) is 14.5. The molecule has 0 atom stereocenters. The first-order valence-electron chi connectivity index (χ1n) is 9.33.